The molecule has 0 aromatic heterocycles. The molecular formula is C18H27N3O3S. The van der Waals surface area contributed by atoms with Crippen LogP contribution in [0.3, 0.4) is 0 Å². The van der Waals surface area contributed by atoms with Crippen LogP contribution in [0.2, 0.25) is 0 Å². The maximum atomic E-state index is 12.7. The molecule has 25 heavy (non-hydrogen) atoms. The number of carbonyl (C=O) groups excluding carboxylic acids is 1. The van der Waals surface area contributed by atoms with E-state index in [2.05, 4.69) is 10.6 Å². The Bertz CT molecular complexity index is 672. The molecule has 3 rings (SSSR count). The van der Waals surface area contributed by atoms with E-state index < -0.39 is 10.0 Å². The van der Waals surface area contributed by atoms with Crippen molar-refractivity contribution in [3.05, 3.63) is 35.9 Å². The number of rotatable bonds is 5. The number of carbonyl (C=O) groups is 1. The molecule has 1 amide bonds. The molecular weight excluding hydrogens is 338 g/mol. The molecule has 2 aliphatic heterocycles. The molecule has 2 aliphatic rings. The average Bonchev–Trinajstić information content (AvgIpc) is 2.63. The van der Waals surface area contributed by atoms with Gasteiger partial charge in [-0.3, -0.25) is 4.79 Å². The number of piperidine rings is 2. The topological polar surface area (TPSA) is 78.5 Å². The molecule has 2 saturated heterocycles. The molecule has 0 bridgehead atoms. The molecule has 138 valence electrons. The summed E-state index contributed by atoms with van der Waals surface area (Å²) in [4.78, 5) is 12.5. The third-order valence-electron chi connectivity index (χ3n) is 4.98. The largest absolute Gasteiger partial charge is 0.352 e. The fraction of sp³-hybridized carbons (Fsp3) is 0.611. The Morgan fingerprint density at radius 3 is 2.72 bits per heavy atom. The Hall–Kier alpha value is -1.44. The number of sulfonamides is 1. The SMILES string of the molecule is O=C(N[C@H]1CCCNC1)C1CCCN(S(=O)(=O)Cc2ccccc2)C1. The van der Waals surface area contributed by atoms with Crippen LogP contribution in [0.5, 0.6) is 0 Å². The van der Waals surface area contributed by atoms with Crippen molar-refractivity contribution < 1.29 is 13.2 Å². The average molecular weight is 365 g/mol. The van der Waals surface area contributed by atoms with Crippen LogP contribution in [0.15, 0.2) is 30.3 Å². The number of benzene rings is 1. The van der Waals surface area contributed by atoms with Crippen molar-refractivity contribution >= 4 is 15.9 Å². The van der Waals surface area contributed by atoms with Crippen molar-refractivity contribution in [2.45, 2.75) is 37.5 Å². The molecule has 2 atom stereocenters. The van der Waals surface area contributed by atoms with Crippen LogP contribution >= 0.6 is 0 Å². The zero-order valence-corrected chi connectivity index (χ0v) is 15.3. The summed E-state index contributed by atoms with van der Waals surface area (Å²) in [6.07, 6.45) is 3.53. The maximum Gasteiger partial charge on any atom is 0.224 e. The summed E-state index contributed by atoms with van der Waals surface area (Å²) < 4.78 is 26.9. The highest BCUT2D eigenvalue weighted by molar-refractivity contribution is 7.88. The van der Waals surface area contributed by atoms with Crippen molar-refractivity contribution in [1.82, 2.24) is 14.9 Å². The van der Waals surface area contributed by atoms with E-state index in [1.165, 1.54) is 4.31 Å². The fourth-order valence-corrected chi connectivity index (χ4v) is 5.19. The van der Waals surface area contributed by atoms with E-state index in [1.807, 2.05) is 30.3 Å². The third-order valence-corrected chi connectivity index (χ3v) is 6.80. The second-order valence-electron chi connectivity index (χ2n) is 6.99. The van der Waals surface area contributed by atoms with Crippen molar-refractivity contribution in [2.75, 3.05) is 26.2 Å². The molecule has 2 fully saturated rings. The highest BCUT2D eigenvalue weighted by atomic mass is 32.2. The Kier molecular flexibility index (Phi) is 6.09. The summed E-state index contributed by atoms with van der Waals surface area (Å²) in [6.45, 7) is 2.60. The molecule has 1 aromatic rings. The Balaban J connectivity index is 1.59. The van der Waals surface area contributed by atoms with Gasteiger partial charge in [-0.05, 0) is 37.8 Å². The molecule has 2 N–H and O–H groups in total. The van der Waals surface area contributed by atoms with E-state index in [9.17, 15) is 13.2 Å². The van der Waals surface area contributed by atoms with Gasteiger partial charge in [-0.15, -0.1) is 0 Å². The van der Waals surface area contributed by atoms with Gasteiger partial charge in [-0.2, -0.15) is 0 Å². The van der Waals surface area contributed by atoms with Crippen LogP contribution < -0.4 is 10.6 Å². The summed E-state index contributed by atoms with van der Waals surface area (Å²) in [5.41, 5.74) is 0.780. The van der Waals surface area contributed by atoms with Gasteiger partial charge in [0.1, 0.15) is 0 Å². The molecule has 7 heteroatoms. The second kappa shape index (κ2) is 8.29. The van der Waals surface area contributed by atoms with E-state index in [1.54, 1.807) is 0 Å². The number of amides is 1. The third kappa shape index (κ3) is 5.03. The summed E-state index contributed by atoms with van der Waals surface area (Å²) in [6, 6.07) is 9.36. The first-order valence-corrected chi connectivity index (χ1v) is 10.7. The summed E-state index contributed by atoms with van der Waals surface area (Å²) in [5.74, 6) is -0.260. The molecule has 0 saturated carbocycles. The standard InChI is InChI=1S/C18H27N3O3S/c22-18(20-17-9-4-10-19-12-17)16-8-5-11-21(13-16)25(23,24)14-15-6-2-1-3-7-15/h1-3,6-7,16-17,19H,4-5,8-14H2,(H,20,22)/t16?,17-/m0/s1. The highest BCUT2D eigenvalue weighted by Gasteiger charge is 2.33. The van der Waals surface area contributed by atoms with Gasteiger partial charge in [0.2, 0.25) is 15.9 Å². The first kappa shape index (κ1) is 18.4. The van der Waals surface area contributed by atoms with Gasteiger partial charge in [-0.1, -0.05) is 30.3 Å². The van der Waals surface area contributed by atoms with E-state index in [0.29, 0.717) is 13.1 Å². The fourth-order valence-electron chi connectivity index (χ4n) is 3.58. The lowest BCUT2D eigenvalue weighted by molar-refractivity contribution is -0.126. The monoisotopic (exact) mass is 365 g/mol. The second-order valence-corrected chi connectivity index (χ2v) is 8.96. The van der Waals surface area contributed by atoms with E-state index in [0.717, 1.165) is 44.3 Å². The van der Waals surface area contributed by atoms with Gasteiger partial charge in [0, 0.05) is 25.7 Å². The van der Waals surface area contributed by atoms with Gasteiger partial charge in [0.15, 0.2) is 0 Å². The minimum Gasteiger partial charge on any atom is -0.352 e. The van der Waals surface area contributed by atoms with Crippen molar-refractivity contribution in [3.63, 3.8) is 0 Å². The zero-order valence-electron chi connectivity index (χ0n) is 14.5. The van der Waals surface area contributed by atoms with Crippen LogP contribution in [0.25, 0.3) is 0 Å². The predicted octanol–water partition coefficient (Wildman–Crippen LogP) is 1.10. The summed E-state index contributed by atoms with van der Waals surface area (Å²) >= 11 is 0. The normalized spacial score (nSPS) is 25.4. The molecule has 0 spiro atoms. The Morgan fingerprint density at radius 1 is 1.20 bits per heavy atom. The Labute approximate surface area is 150 Å². The number of hydrogen-bond acceptors (Lipinski definition) is 4. The lowest BCUT2D eigenvalue weighted by atomic mass is 9.97. The van der Waals surface area contributed by atoms with Crippen molar-refractivity contribution in [3.8, 4) is 0 Å². The zero-order chi connectivity index (χ0) is 17.7. The molecule has 1 unspecified atom stereocenters. The lowest BCUT2D eigenvalue weighted by Crippen LogP contribution is -2.51. The van der Waals surface area contributed by atoms with Crippen LogP contribution in [-0.4, -0.2) is 50.9 Å². The van der Waals surface area contributed by atoms with Crippen LogP contribution in [0, 0.1) is 5.92 Å². The van der Waals surface area contributed by atoms with E-state index in [-0.39, 0.29) is 23.6 Å². The smallest absolute Gasteiger partial charge is 0.224 e. The summed E-state index contributed by atoms with van der Waals surface area (Å²) in [7, 11) is -3.39. The minimum absolute atomic E-state index is 0.00523. The van der Waals surface area contributed by atoms with Gasteiger partial charge < -0.3 is 10.6 Å². The van der Waals surface area contributed by atoms with E-state index >= 15 is 0 Å². The molecule has 6 nitrogen and oxygen atoms in total. The molecule has 1 aromatic carbocycles. The Morgan fingerprint density at radius 2 is 2.00 bits per heavy atom. The van der Waals surface area contributed by atoms with Crippen LogP contribution in [-0.2, 0) is 20.6 Å². The van der Waals surface area contributed by atoms with Crippen molar-refractivity contribution in [1.29, 1.82) is 0 Å². The predicted molar refractivity (Wildman–Crippen MR) is 97.4 cm³/mol. The molecule has 2 heterocycles. The quantitative estimate of drug-likeness (QED) is 0.819. The van der Waals surface area contributed by atoms with Gasteiger partial charge >= 0.3 is 0 Å². The first-order chi connectivity index (χ1) is 12.0. The number of nitrogens with zero attached hydrogens (tertiary/aromatic N) is 1. The lowest BCUT2D eigenvalue weighted by Gasteiger charge is -2.33. The van der Waals surface area contributed by atoms with Gasteiger partial charge in [-0.25, -0.2) is 12.7 Å². The van der Waals surface area contributed by atoms with E-state index in [4.69, 9.17) is 0 Å². The van der Waals surface area contributed by atoms with Crippen LogP contribution in [0.4, 0.5) is 0 Å². The van der Waals surface area contributed by atoms with Crippen LogP contribution in [0.1, 0.15) is 31.2 Å². The maximum absolute atomic E-state index is 12.7. The van der Waals surface area contributed by atoms with Gasteiger partial charge in [0.05, 0.1) is 11.7 Å². The highest BCUT2D eigenvalue weighted by Crippen LogP contribution is 2.22. The number of nitrogens with one attached hydrogen (secondary N) is 2. The van der Waals surface area contributed by atoms with Gasteiger partial charge in [0.25, 0.3) is 0 Å². The summed E-state index contributed by atoms with van der Waals surface area (Å²) in [5, 5.41) is 6.37. The molecule has 0 radical (unpaired) electrons. The van der Waals surface area contributed by atoms with Crippen molar-refractivity contribution in [2.24, 2.45) is 5.92 Å². The number of hydrogen-bond donors (Lipinski definition) is 2. The molecule has 0 aliphatic carbocycles. The minimum atomic E-state index is -3.39. The first-order valence-electron chi connectivity index (χ1n) is 9.07.